The second kappa shape index (κ2) is 5.55. The molecule has 0 radical (unpaired) electrons. The molecule has 0 saturated carbocycles. The molecule has 110 valence electrons. The van der Waals surface area contributed by atoms with Gasteiger partial charge in [0.1, 0.15) is 0 Å². The fraction of sp³-hybridized carbons (Fsp3) is 1.00. The zero-order valence-corrected chi connectivity index (χ0v) is 13.3. The summed E-state index contributed by atoms with van der Waals surface area (Å²) in [6, 6.07) is 1.46. The van der Waals surface area contributed by atoms with Gasteiger partial charge < -0.3 is 5.73 Å². The van der Waals surface area contributed by atoms with E-state index in [4.69, 9.17) is 5.73 Å². The lowest BCUT2D eigenvalue weighted by molar-refractivity contribution is -0.0433. The topological polar surface area (TPSA) is 32.5 Å². The smallest absolute Gasteiger partial charge is 0.0459 e. The largest absolute Gasteiger partial charge is 0.329 e. The van der Waals surface area contributed by atoms with Gasteiger partial charge >= 0.3 is 0 Å². The van der Waals surface area contributed by atoms with Crippen molar-refractivity contribution < 1.29 is 0 Å². The third-order valence-corrected chi connectivity index (χ3v) is 7.15. The summed E-state index contributed by atoms with van der Waals surface area (Å²) in [6.45, 7) is 9.47. The van der Waals surface area contributed by atoms with Crippen LogP contribution >= 0.6 is 11.8 Å². The van der Waals surface area contributed by atoms with Gasteiger partial charge in [-0.05, 0) is 38.5 Å². The molecule has 3 aliphatic rings. The molecule has 19 heavy (non-hydrogen) atoms. The molecule has 3 saturated heterocycles. The highest BCUT2D eigenvalue weighted by atomic mass is 32.2. The first-order valence-electron chi connectivity index (χ1n) is 8.00. The van der Waals surface area contributed by atoms with E-state index in [-0.39, 0.29) is 5.54 Å². The molecular weight excluding hydrogens is 254 g/mol. The second-order valence-electron chi connectivity index (χ2n) is 6.72. The minimum atomic E-state index is 0.271. The molecule has 0 bridgehead atoms. The minimum Gasteiger partial charge on any atom is -0.329 e. The van der Waals surface area contributed by atoms with Gasteiger partial charge in [-0.1, -0.05) is 13.3 Å². The Kier molecular flexibility index (Phi) is 4.14. The number of nitrogens with zero attached hydrogens (tertiary/aromatic N) is 2. The van der Waals surface area contributed by atoms with Crippen LogP contribution in [-0.4, -0.2) is 64.6 Å². The number of nitrogens with two attached hydrogens (primary N) is 1. The summed E-state index contributed by atoms with van der Waals surface area (Å²) in [4.78, 5) is 5.53. The Hall–Kier alpha value is 0.230. The first-order valence-corrected chi connectivity index (χ1v) is 9.05. The number of hydrogen-bond acceptors (Lipinski definition) is 4. The van der Waals surface area contributed by atoms with Gasteiger partial charge in [0.2, 0.25) is 0 Å². The van der Waals surface area contributed by atoms with E-state index in [9.17, 15) is 0 Å². The molecule has 3 rings (SSSR count). The van der Waals surface area contributed by atoms with E-state index in [1.165, 1.54) is 51.1 Å². The number of fused-ring (bicyclic) bond motifs is 1. The van der Waals surface area contributed by atoms with Gasteiger partial charge in [-0.3, -0.25) is 9.80 Å². The van der Waals surface area contributed by atoms with Crippen molar-refractivity contribution in [3.8, 4) is 0 Å². The molecule has 4 heteroatoms. The molecule has 0 aromatic rings. The maximum Gasteiger partial charge on any atom is 0.0459 e. The zero-order valence-electron chi connectivity index (χ0n) is 12.5. The van der Waals surface area contributed by atoms with Crippen molar-refractivity contribution in [3.63, 3.8) is 0 Å². The Balaban J connectivity index is 1.79. The molecule has 3 aliphatic heterocycles. The van der Waals surface area contributed by atoms with Crippen LogP contribution in [0.2, 0.25) is 0 Å². The standard InChI is InChI=1S/C15H29N3S/c1-12-9-17-7-4-3-5-14(17)10-18(12)15(11-16)6-8-19-13(15)2/h12-14H,3-11,16H2,1-2H3. The molecule has 0 aromatic carbocycles. The number of hydrogen-bond donors (Lipinski definition) is 1. The summed E-state index contributed by atoms with van der Waals surface area (Å²) in [5.74, 6) is 1.29. The summed E-state index contributed by atoms with van der Waals surface area (Å²) in [5.41, 5.74) is 6.52. The van der Waals surface area contributed by atoms with Crippen molar-refractivity contribution >= 4 is 11.8 Å². The number of piperazine rings is 1. The highest BCUT2D eigenvalue weighted by Gasteiger charge is 2.49. The summed E-state index contributed by atoms with van der Waals surface area (Å²) in [5, 5.41) is 0.690. The van der Waals surface area contributed by atoms with Crippen LogP contribution in [0.5, 0.6) is 0 Å². The first kappa shape index (κ1) is 14.2. The highest BCUT2D eigenvalue weighted by molar-refractivity contribution is 8.00. The molecule has 4 unspecified atom stereocenters. The maximum absolute atomic E-state index is 6.25. The molecule has 0 spiro atoms. The van der Waals surface area contributed by atoms with E-state index in [1.54, 1.807) is 0 Å². The van der Waals surface area contributed by atoms with Gasteiger partial charge in [-0.2, -0.15) is 11.8 Å². The third-order valence-electron chi connectivity index (χ3n) is 5.77. The van der Waals surface area contributed by atoms with Gasteiger partial charge in [0.15, 0.2) is 0 Å². The average Bonchev–Trinajstić information content (AvgIpc) is 2.80. The summed E-state index contributed by atoms with van der Waals surface area (Å²) in [6.07, 6.45) is 5.50. The van der Waals surface area contributed by atoms with Crippen LogP contribution in [0.3, 0.4) is 0 Å². The zero-order chi connectivity index (χ0) is 13.5. The Labute approximate surface area is 122 Å². The number of rotatable bonds is 2. The normalized spacial score (nSPS) is 45.3. The van der Waals surface area contributed by atoms with E-state index in [1.807, 2.05) is 0 Å². The molecule has 0 amide bonds. The van der Waals surface area contributed by atoms with Gasteiger partial charge in [-0.25, -0.2) is 0 Å². The molecule has 3 nitrogen and oxygen atoms in total. The average molecular weight is 283 g/mol. The SMILES string of the molecule is CC1CN2CCCCC2CN1C1(CN)CCSC1C. The van der Waals surface area contributed by atoms with Crippen LogP contribution in [0.1, 0.15) is 39.5 Å². The van der Waals surface area contributed by atoms with E-state index < -0.39 is 0 Å². The van der Waals surface area contributed by atoms with Crippen molar-refractivity contribution in [1.29, 1.82) is 0 Å². The van der Waals surface area contributed by atoms with Crippen LogP contribution in [0.4, 0.5) is 0 Å². The highest BCUT2D eigenvalue weighted by Crippen LogP contribution is 2.42. The Morgan fingerprint density at radius 3 is 2.79 bits per heavy atom. The summed E-state index contributed by atoms with van der Waals surface area (Å²) in [7, 11) is 0. The summed E-state index contributed by atoms with van der Waals surface area (Å²) < 4.78 is 0. The molecule has 2 N–H and O–H groups in total. The van der Waals surface area contributed by atoms with Crippen LogP contribution < -0.4 is 5.73 Å². The number of piperidine rings is 1. The third kappa shape index (κ3) is 2.35. The first-order chi connectivity index (χ1) is 9.17. The lowest BCUT2D eigenvalue weighted by Crippen LogP contribution is -2.68. The van der Waals surface area contributed by atoms with E-state index >= 15 is 0 Å². The summed E-state index contributed by atoms with van der Waals surface area (Å²) >= 11 is 2.12. The Bertz CT molecular complexity index is 325. The fourth-order valence-electron chi connectivity index (χ4n) is 4.51. The quantitative estimate of drug-likeness (QED) is 0.837. The lowest BCUT2D eigenvalue weighted by Gasteiger charge is -2.55. The minimum absolute atomic E-state index is 0.271. The van der Waals surface area contributed by atoms with Gasteiger partial charge in [0.05, 0.1) is 0 Å². The second-order valence-corrected chi connectivity index (χ2v) is 8.17. The van der Waals surface area contributed by atoms with Gasteiger partial charge in [-0.15, -0.1) is 0 Å². The van der Waals surface area contributed by atoms with Crippen molar-refractivity contribution in [1.82, 2.24) is 9.80 Å². The Morgan fingerprint density at radius 2 is 2.11 bits per heavy atom. The predicted molar refractivity (Wildman–Crippen MR) is 83.7 cm³/mol. The molecular formula is C15H29N3S. The molecule has 0 aliphatic carbocycles. The van der Waals surface area contributed by atoms with Crippen molar-refractivity contribution in [3.05, 3.63) is 0 Å². The van der Waals surface area contributed by atoms with Crippen molar-refractivity contribution in [2.45, 2.75) is 62.4 Å². The molecule has 4 atom stereocenters. The lowest BCUT2D eigenvalue weighted by atomic mass is 9.85. The maximum atomic E-state index is 6.25. The van der Waals surface area contributed by atoms with E-state index in [0.717, 1.165) is 12.6 Å². The van der Waals surface area contributed by atoms with Crippen molar-refractivity contribution in [2.75, 3.05) is 31.9 Å². The van der Waals surface area contributed by atoms with Crippen LogP contribution in [0.25, 0.3) is 0 Å². The fourth-order valence-corrected chi connectivity index (χ4v) is 5.99. The van der Waals surface area contributed by atoms with Crippen molar-refractivity contribution in [2.24, 2.45) is 5.73 Å². The van der Waals surface area contributed by atoms with Crippen LogP contribution in [0.15, 0.2) is 0 Å². The molecule has 0 aromatic heterocycles. The molecule has 3 heterocycles. The van der Waals surface area contributed by atoms with E-state index in [2.05, 4.69) is 35.4 Å². The number of thioether (sulfide) groups is 1. The van der Waals surface area contributed by atoms with E-state index in [0.29, 0.717) is 11.3 Å². The van der Waals surface area contributed by atoms with Crippen LogP contribution in [0, 0.1) is 0 Å². The Morgan fingerprint density at radius 1 is 1.26 bits per heavy atom. The van der Waals surface area contributed by atoms with Crippen LogP contribution in [-0.2, 0) is 0 Å². The van der Waals surface area contributed by atoms with Gasteiger partial charge in [0.25, 0.3) is 0 Å². The predicted octanol–water partition coefficient (Wildman–Crippen LogP) is 1.77. The monoisotopic (exact) mass is 283 g/mol. The van der Waals surface area contributed by atoms with Gasteiger partial charge in [0, 0.05) is 42.5 Å². The molecule has 3 fully saturated rings.